The van der Waals surface area contributed by atoms with Crippen LogP contribution >= 0.6 is 0 Å². The number of allylic oxidation sites excluding steroid dienone is 2. The molecule has 1 unspecified atom stereocenters. The first-order valence-corrected chi connectivity index (χ1v) is 10.5. The summed E-state index contributed by atoms with van der Waals surface area (Å²) in [5.41, 5.74) is 1.37. The number of benzene rings is 1. The van der Waals surface area contributed by atoms with Crippen LogP contribution in [0.1, 0.15) is 63.7 Å². The van der Waals surface area contributed by atoms with E-state index in [0.29, 0.717) is 31.0 Å². The summed E-state index contributed by atoms with van der Waals surface area (Å²) >= 11 is 0. The van der Waals surface area contributed by atoms with E-state index in [9.17, 15) is 14.7 Å². The number of phenols is 1. The Labute approximate surface area is 173 Å². The van der Waals surface area contributed by atoms with Crippen LogP contribution in [0.5, 0.6) is 5.75 Å². The minimum absolute atomic E-state index is 0.0175. The number of rotatable bonds is 12. The zero-order valence-electron chi connectivity index (χ0n) is 18.2. The molecular weight excluding hydrogens is 368 g/mol. The number of Topliss-reactive ketones (excluding diaryl/α,β-unsaturated/α-hetero) is 2. The van der Waals surface area contributed by atoms with Gasteiger partial charge in [-0.15, -0.1) is 0 Å². The molecule has 0 aliphatic heterocycles. The lowest BCUT2D eigenvalue weighted by atomic mass is 9.67. The molecule has 0 saturated carbocycles. The van der Waals surface area contributed by atoms with Crippen molar-refractivity contribution < 1.29 is 19.4 Å². The van der Waals surface area contributed by atoms with Gasteiger partial charge in [-0.25, -0.2) is 0 Å². The fourth-order valence-electron chi connectivity index (χ4n) is 3.59. The van der Waals surface area contributed by atoms with Gasteiger partial charge in [0.1, 0.15) is 11.4 Å². The topological polar surface area (TPSA) is 87.7 Å². The number of methoxy groups -OCH3 is 1. The van der Waals surface area contributed by atoms with E-state index in [1.807, 2.05) is 20.8 Å². The largest absolute Gasteiger partial charge is 0.505 e. The van der Waals surface area contributed by atoms with Crippen LogP contribution in [0.3, 0.4) is 0 Å². The molecule has 6 nitrogen and oxygen atoms in total. The number of para-hydroxylation sites is 1. The van der Waals surface area contributed by atoms with Gasteiger partial charge >= 0.3 is 0 Å². The quantitative estimate of drug-likeness (QED) is 0.275. The summed E-state index contributed by atoms with van der Waals surface area (Å²) in [5.74, 6) is -0.376. The number of ether oxygens (including phenoxy) is 1. The standard InChI is InChI=1S/C23H34N2O4/c1-6-8-12-23(4)21(24-13-14-29-5)18(22(23)28)25-17-11-9-10-16(20(17)27)19(26)15(3)7-2/h9-11,15,24-25,27H,6-8,12-14H2,1-5H3/t15-,23?/m1/s1. The first-order chi connectivity index (χ1) is 13.8. The van der Waals surface area contributed by atoms with Crippen LogP contribution in [0.2, 0.25) is 0 Å². The third-order valence-electron chi connectivity index (χ3n) is 5.79. The molecule has 0 saturated heterocycles. The van der Waals surface area contributed by atoms with Crippen molar-refractivity contribution in [3.05, 3.63) is 35.2 Å². The third kappa shape index (κ3) is 4.64. The number of phenolic OH excluding ortho intramolecular Hbond substituents is 1. The maximum absolute atomic E-state index is 13.0. The number of hydrogen-bond donors (Lipinski definition) is 3. The van der Waals surface area contributed by atoms with Gasteiger partial charge in [-0.1, -0.05) is 39.7 Å². The van der Waals surface area contributed by atoms with Gasteiger partial charge < -0.3 is 20.5 Å². The van der Waals surface area contributed by atoms with E-state index in [1.165, 1.54) is 0 Å². The maximum Gasteiger partial charge on any atom is 0.192 e. The smallest absolute Gasteiger partial charge is 0.192 e. The van der Waals surface area contributed by atoms with E-state index in [0.717, 1.165) is 25.0 Å². The van der Waals surface area contributed by atoms with Crippen molar-refractivity contribution in [3.8, 4) is 5.75 Å². The zero-order chi connectivity index (χ0) is 21.6. The third-order valence-corrected chi connectivity index (χ3v) is 5.79. The SMILES string of the molecule is CCCCC1(C)C(=O)C(Nc2cccc(C(=O)[C@H](C)CC)c2O)=C1NCCOC. The lowest BCUT2D eigenvalue weighted by Gasteiger charge is -2.42. The van der Waals surface area contributed by atoms with Crippen LogP contribution in [-0.2, 0) is 9.53 Å². The van der Waals surface area contributed by atoms with E-state index in [2.05, 4.69) is 17.6 Å². The Morgan fingerprint density at radius 2 is 2.03 bits per heavy atom. The number of carbonyl (C=O) groups is 2. The molecule has 0 heterocycles. The Morgan fingerprint density at radius 3 is 2.66 bits per heavy atom. The zero-order valence-corrected chi connectivity index (χ0v) is 18.2. The predicted molar refractivity (Wildman–Crippen MR) is 115 cm³/mol. The fourth-order valence-corrected chi connectivity index (χ4v) is 3.59. The minimum atomic E-state index is -0.564. The molecule has 2 rings (SSSR count). The Hall–Kier alpha value is -2.34. The first kappa shape index (κ1) is 22.9. The number of aromatic hydroxyl groups is 1. The average molecular weight is 403 g/mol. The predicted octanol–water partition coefficient (Wildman–Crippen LogP) is 4.26. The molecule has 0 aromatic heterocycles. The van der Waals surface area contributed by atoms with Crippen molar-refractivity contribution in [2.75, 3.05) is 25.6 Å². The van der Waals surface area contributed by atoms with Crippen LogP contribution in [-0.4, -0.2) is 36.9 Å². The monoisotopic (exact) mass is 402 g/mol. The van der Waals surface area contributed by atoms with Gasteiger partial charge in [-0.2, -0.15) is 0 Å². The molecule has 6 heteroatoms. The van der Waals surface area contributed by atoms with Gasteiger partial charge in [0.15, 0.2) is 11.6 Å². The summed E-state index contributed by atoms with van der Waals surface area (Å²) in [6.07, 6.45) is 3.43. The number of nitrogens with one attached hydrogen (secondary N) is 2. The summed E-state index contributed by atoms with van der Waals surface area (Å²) in [7, 11) is 1.63. The van der Waals surface area contributed by atoms with Gasteiger partial charge in [0.2, 0.25) is 0 Å². The van der Waals surface area contributed by atoms with Crippen molar-refractivity contribution >= 4 is 17.3 Å². The van der Waals surface area contributed by atoms with Crippen LogP contribution in [0.25, 0.3) is 0 Å². The summed E-state index contributed by atoms with van der Waals surface area (Å²) in [4.78, 5) is 25.5. The molecule has 1 aromatic carbocycles. The van der Waals surface area contributed by atoms with Gasteiger partial charge in [0.05, 0.1) is 29.0 Å². The summed E-state index contributed by atoms with van der Waals surface area (Å²) in [5, 5.41) is 17.1. The molecule has 3 N–H and O–H groups in total. The molecule has 1 aromatic rings. The molecule has 1 aliphatic rings. The van der Waals surface area contributed by atoms with E-state index in [1.54, 1.807) is 25.3 Å². The first-order valence-electron chi connectivity index (χ1n) is 10.5. The fraction of sp³-hybridized carbons (Fsp3) is 0.565. The second-order valence-corrected chi connectivity index (χ2v) is 7.93. The van der Waals surface area contributed by atoms with Crippen molar-refractivity contribution in [1.82, 2.24) is 5.32 Å². The number of unbranched alkanes of at least 4 members (excludes halogenated alkanes) is 1. The lowest BCUT2D eigenvalue weighted by Crippen LogP contribution is -2.50. The average Bonchev–Trinajstić information content (AvgIpc) is 2.73. The van der Waals surface area contributed by atoms with Crippen LogP contribution < -0.4 is 10.6 Å². The van der Waals surface area contributed by atoms with E-state index in [-0.39, 0.29) is 28.8 Å². The summed E-state index contributed by atoms with van der Waals surface area (Å²) < 4.78 is 5.12. The number of carbonyl (C=O) groups excluding carboxylic acids is 2. The molecule has 1 aliphatic carbocycles. The Balaban J connectivity index is 2.34. The van der Waals surface area contributed by atoms with E-state index < -0.39 is 5.41 Å². The molecule has 2 atom stereocenters. The van der Waals surface area contributed by atoms with Crippen molar-refractivity contribution in [2.24, 2.45) is 11.3 Å². The summed E-state index contributed by atoms with van der Waals surface area (Å²) in [6, 6.07) is 5.02. The molecule has 29 heavy (non-hydrogen) atoms. The number of anilines is 1. The highest BCUT2D eigenvalue weighted by Crippen LogP contribution is 2.46. The van der Waals surface area contributed by atoms with Crippen molar-refractivity contribution in [2.45, 2.75) is 53.4 Å². The van der Waals surface area contributed by atoms with E-state index >= 15 is 0 Å². The molecule has 0 fully saturated rings. The van der Waals surface area contributed by atoms with Crippen molar-refractivity contribution in [1.29, 1.82) is 0 Å². The molecule has 0 bridgehead atoms. The molecular formula is C23H34N2O4. The molecule has 0 spiro atoms. The minimum Gasteiger partial charge on any atom is -0.505 e. The second-order valence-electron chi connectivity index (χ2n) is 7.93. The van der Waals surface area contributed by atoms with Gasteiger partial charge in [0, 0.05) is 19.6 Å². The van der Waals surface area contributed by atoms with Gasteiger partial charge in [-0.05, 0) is 31.9 Å². The van der Waals surface area contributed by atoms with E-state index in [4.69, 9.17) is 4.74 Å². The molecule has 0 radical (unpaired) electrons. The molecule has 0 amide bonds. The van der Waals surface area contributed by atoms with Gasteiger partial charge in [-0.3, -0.25) is 9.59 Å². The normalized spacial score (nSPS) is 19.7. The highest BCUT2D eigenvalue weighted by molar-refractivity contribution is 6.12. The van der Waals surface area contributed by atoms with Crippen LogP contribution in [0.15, 0.2) is 29.6 Å². The number of ketones is 2. The van der Waals surface area contributed by atoms with Crippen molar-refractivity contribution in [3.63, 3.8) is 0 Å². The van der Waals surface area contributed by atoms with Gasteiger partial charge in [0.25, 0.3) is 0 Å². The molecule has 160 valence electrons. The van der Waals surface area contributed by atoms with Crippen LogP contribution in [0.4, 0.5) is 5.69 Å². The highest BCUT2D eigenvalue weighted by Gasteiger charge is 2.50. The second kappa shape index (κ2) is 9.92. The Morgan fingerprint density at radius 1 is 1.31 bits per heavy atom. The Bertz CT molecular complexity index is 787. The highest BCUT2D eigenvalue weighted by atomic mass is 16.5. The number of hydrogen-bond acceptors (Lipinski definition) is 6. The lowest BCUT2D eigenvalue weighted by molar-refractivity contribution is -0.126. The van der Waals surface area contributed by atoms with Crippen LogP contribution in [0, 0.1) is 11.3 Å². The summed E-state index contributed by atoms with van der Waals surface area (Å²) in [6.45, 7) is 8.95. The Kier molecular flexibility index (Phi) is 7.85. The maximum atomic E-state index is 13.0.